The van der Waals surface area contributed by atoms with Gasteiger partial charge in [0.05, 0.1) is 13.2 Å². The lowest BCUT2D eigenvalue weighted by Crippen LogP contribution is -2.39. The van der Waals surface area contributed by atoms with Crippen LogP contribution in [-0.2, 0) is 14.3 Å². The highest BCUT2D eigenvalue weighted by Crippen LogP contribution is 2.17. The van der Waals surface area contributed by atoms with Gasteiger partial charge < -0.3 is 15.4 Å². The van der Waals surface area contributed by atoms with Crippen molar-refractivity contribution in [1.82, 2.24) is 10.6 Å². The summed E-state index contributed by atoms with van der Waals surface area (Å²) in [5.74, 6) is -0.118. The SMILES string of the molecule is CCOC(=O)CCCNCC(=O)NC1CCCC1. The smallest absolute Gasteiger partial charge is 0.305 e. The van der Waals surface area contributed by atoms with Gasteiger partial charge in [0, 0.05) is 12.5 Å². The normalized spacial score (nSPS) is 15.6. The Labute approximate surface area is 109 Å². The fraction of sp³-hybridized carbons (Fsp3) is 0.846. The summed E-state index contributed by atoms with van der Waals surface area (Å²) < 4.78 is 4.81. The third-order valence-corrected chi connectivity index (χ3v) is 3.05. The number of ether oxygens (including phenoxy) is 1. The molecule has 1 fully saturated rings. The van der Waals surface area contributed by atoms with Gasteiger partial charge in [-0.25, -0.2) is 0 Å². The standard InChI is InChI=1S/C13H24N2O3/c1-2-18-13(17)8-5-9-14-10-12(16)15-11-6-3-4-7-11/h11,14H,2-10H2,1H3,(H,15,16). The van der Waals surface area contributed by atoms with Crippen molar-refractivity contribution in [2.75, 3.05) is 19.7 Å². The molecule has 0 heterocycles. The average Bonchev–Trinajstić information content (AvgIpc) is 2.81. The van der Waals surface area contributed by atoms with Crippen LogP contribution in [0.3, 0.4) is 0 Å². The van der Waals surface area contributed by atoms with Gasteiger partial charge in [0.15, 0.2) is 0 Å². The van der Waals surface area contributed by atoms with Gasteiger partial charge in [-0.15, -0.1) is 0 Å². The van der Waals surface area contributed by atoms with Crippen molar-refractivity contribution in [2.24, 2.45) is 0 Å². The highest BCUT2D eigenvalue weighted by molar-refractivity contribution is 5.78. The molecule has 0 radical (unpaired) electrons. The van der Waals surface area contributed by atoms with Gasteiger partial charge in [0.25, 0.3) is 0 Å². The summed E-state index contributed by atoms with van der Waals surface area (Å²) in [7, 11) is 0. The second kappa shape index (κ2) is 8.91. The molecule has 2 N–H and O–H groups in total. The molecule has 0 aliphatic heterocycles. The molecule has 1 aliphatic carbocycles. The average molecular weight is 256 g/mol. The first-order chi connectivity index (χ1) is 8.72. The molecule has 5 heteroatoms. The van der Waals surface area contributed by atoms with Crippen LogP contribution in [0.15, 0.2) is 0 Å². The maximum atomic E-state index is 11.5. The van der Waals surface area contributed by atoms with Crippen molar-refractivity contribution in [3.05, 3.63) is 0 Å². The van der Waals surface area contributed by atoms with Crippen LogP contribution >= 0.6 is 0 Å². The molecular formula is C13H24N2O3. The van der Waals surface area contributed by atoms with E-state index in [0.717, 1.165) is 12.8 Å². The molecule has 0 aromatic rings. The van der Waals surface area contributed by atoms with Gasteiger partial charge in [-0.05, 0) is 32.7 Å². The second-order valence-corrected chi connectivity index (χ2v) is 4.63. The van der Waals surface area contributed by atoms with E-state index in [1.54, 1.807) is 6.92 Å². The van der Waals surface area contributed by atoms with Crippen molar-refractivity contribution < 1.29 is 14.3 Å². The number of hydrogen-bond donors (Lipinski definition) is 2. The lowest BCUT2D eigenvalue weighted by Gasteiger charge is -2.12. The Kier molecular flexibility index (Phi) is 7.41. The van der Waals surface area contributed by atoms with E-state index >= 15 is 0 Å². The van der Waals surface area contributed by atoms with E-state index in [0.29, 0.717) is 38.6 Å². The molecule has 1 amide bonds. The summed E-state index contributed by atoms with van der Waals surface area (Å²) in [6, 6.07) is 0.374. The zero-order valence-corrected chi connectivity index (χ0v) is 11.2. The summed E-state index contributed by atoms with van der Waals surface area (Å²) in [6.45, 7) is 3.22. The van der Waals surface area contributed by atoms with Crippen LogP contribution < -0.4 is 10.6 Å². The Morgan fingerprint density at radius 1 is 1.28 bits per heavy atom. The minimum atomic E-state index is -0.172. The molecular weight excluding hydrogens is 232 g/mol. The summed E-state index contributed by atoms with van der Waals surface area (Å²) >= 11 is 0. The minimum absolute atomic E-state index is 0.0537. The van der Waals surface area contributed by atoms with Gasteiger partial charge >= 0.3 is 5.97 Å². The number of esters is 1. The number of amides is 1. The largest absolute Gasteiger partial charge is 0.466 e. The molecule has 0 aromatic heterocycles. The summed E-state index contributed by atoms with van der Waals surface area (Å²) in [4.78, 5) is 22.6. The third-order valence-electron chi connectivity index (χ3n) is 3.05. The molecule has 1 aliphatic rings. The lowest BCUT2D eigenvalue weighted by molar-refractivity contribution is -0.143. The van der Waals surface area contributed by atoms with E-state index in [1.165, 1.54) is 12.8 Å². The molecule has 0 saturated heterocycles. The molecule has 1 saturated carbocycles. The topological polar surface area (TPSA) is 67.4 Å². The number of nitrogens with one attached hydrogen (secondary N) is 2. The monoisotopic (exact) mass is 256 g/mol. The maximum absolute atomic E-state index is 11.5. The van der Waals surface area contributed by atoms with E-state index < -0.39 is 0 Å². The van der Waals surface area contributed by atoms with Crippen LogP contribution in [0.5, 0.6) is 0 Å². The van der Waals surface area contributed by atoms with Crippen LogP contribution in [0.25, 0.3) is 0 Å². The Balaban J connectivity index is 1.93. The number of hydrogen-bond acceptors (Lipinski definition) is 4. The predicted octanol–water partition coefficient (Wildman–Crippen LogP) is 0.978. The first kappa shape index (κ1) is 15.0. The van der Waals surface area contributed by atoms with Crippen LogP contribution in [-0.4, -0.2) is 37.6 Å². The number of carbonyl (C=O) groups is 2. The molecule has 5 nitrogen and oxygen atoms in total. The fourth-order valence-corrected chi connectivity index (χ4v) is 2.14. The van der Waals surface area contributed by atoms with Crippen molar-refractivity contribution >= 4 is 11.9 Å². The highest BCUT2D eigenvalue weighted by atomic mass is 16.5. The van der Waals surface area contributed by atoms with Gasteiger partial charge in [-0.3, -0.25) is 9.59 Å². The van der Waals surface area contributed by atoms with Crippen LogP contribution in [0.1, 0.15) is 45.4 Å². The molecule has 0 unspecified atom stereocenters. The van der Waals surface area contributed by atoms with Crippen LogP contribution in [0, 0.1) is 0 Å². The summed E-state index contributed by atoms with van der Waals surface area (Å²) in [6.07, 6.45) is 5.76. The highest BCUT2D eigenvalue weighted by Gasteiger charge is 2.16. The maximum Gasteiger partial charge on any atom is 0.305 e. The first-order valence-corrected chi connectivity index (χ1v) is 6.88. The molecule has 18 heavy (non-hydrogen) atoms. The van der Waals surface area contributed by atoms with Gasteiger partial charge in [0.2, 0.25) is 5.91 Å². The van der Waals surface area contributed by atoms with Crippen LogP contribution in [0.2, 0.25) is 0 Å². The van der Waals surface area contributed by atoms with E-state index in [9.17, 15) is 9.59 Å². The molecule has 0 aromatic carbocycles. The Bertz CT molecular complexity index is 263. The zero-order chi connectivity index (χ0) is 13.2. The fourth-order valence-electron chi connectivity index (χ4n) is 2.14. The van der Waals surface area contributed by atoms with Crippen molar-refractivity contribution in [3.63, 3.8) is 0 Å². The van der Waals surface area contributed by atoms with E-state index in [1.807, 2.05) is 0 Å². The summed E-state index contributed by atoms with van der Waals surface area (Å²) in [5, 5.41) is 6.04. The van der Waals surface area contributed by atoms with E-state index in [2.05, 4.69) is 10.6 Å². The predicted molar refractivity (Wildman–Crippen MR) is 69.1 cm³/mol. The van der Waals surface area contributed by atoms with Gasteiger partial charge in [-0.1, -0.05) is 12.8 Å². The van der Waals surface area contributed by atoms with E-state index in [4.69, 9.17) is 4.74 Å². The Hall–Kier alpha value is -1.10. The molecule has 0 atom stereocenters. The van der Waals surface area contributed by atoms with Crippen LogP contribution in [0.4, 0.5) is 0 Å². The molecule has 1 rings (SSSR count). The molecule has 104 valence electrons. The quantitative estimate of drug-likeness (QED) is 0.502. The van der Waals surface area contributed by atoms with Crippen molar-refractivity contribution in [2.45, 2.75) is 51.5 Å². The van der Waals surface area contributed by atoms with Crippen molar-refractivity contribution in [1.29, 1.82) is 0 Å². The third kappa shape index (κ3) is 6.59. The van der Waals surface area contributed by atoms with Crippen molar-refractivity contribution in [3.8, 4) is 0 Å². The zero-order valence-electron chi connectivity index (χ0n) is 11.2. The lowest BCUT2D eigenvalue weighted by atomic mass is 10.2. The molecule has 0 bridgehead atoms. The Morgan fingerprint density at radius 2 is 2.00 bits per heavy atom. The molecule has 0 spiro atoms. The second-order valence-electron chi connectivity index (χ2n) is 4.63. The number of carbonyl (C=O) groups excluding carboxylic acids is 2. The number of rotatable bonds is 8. The van der Waals surface area contributed by atoms with Gasteiger partial charge in [0.1, 0.15) is 0 Å². The van der Waals surface area contributed by atoms with Gasteiger partial charge in [-0.2, -0.15) is 0 Å². The van der Waals surface area contributed by atoms with E-state index in [-0.39, 0.29) is 11.9 Å². The minimum Gasteiger partial charge on any atom is -0.466 e. The Morgan fingerprint density at radius 3 is 2.67 bits per heavy atom. The first-order valence-electron chi connectivity index (χ1n) is 6.88. The summed E-state index contributed by atoms with van der Waals surface area (Å²) in [5.41, 5.74) is 0.